The summed E-state index contributed by atoms with van der Waals surface area (Å²) < 4.78 is 27.9. The van der Waals surface area contributed by atoms with Crippen molar-refractivity contribution in [1.29, 1.82) is 0 Å². The quantitative estimate of drug-likeness (QED) is 0.908. The molecule has 1 atom stereocenters. The highest BCUT2D eigenvalue weighted by Crippen LogP contribution is 2.29. The summed E-state index contributed by atoms with van der Waals surface area (Å²) in [5, 5.41) is 9.33. The molecule has 2 nitrogen and oxygen atoms in total. The van der Waals surface area contributed by atoms with Crippen molar-refractivity contribution in [3.63, 3.8) is 0 Å². The van der Waals surface area contributed by atoms with E-state index in [1.54, 1.807) is 24.3 Å². The molecule has 20 heavy (non-hydrogen) atoms. The molecule has 0 spiro atoms. The number of benzene rings is 2. The third-order valence-corrected chi connectivity index (χ3v) is 3.77. The maximum Gasteiger partial charge on any atom is 0.311 e. The minimum Gasteiger partial charge on any atom is -0.481 e. The molecule has 0 aliphatic rings. The third-order valence-electron chi connectivity index (χ3n) is 3.05. The molecule has 0 radical (unpaired) electrons. The van der Waals surface area contributed by atoms with E-state index in [0.717, 1.165) is 12.1 Å². The predicted molar refractivity (Wildman–Crippen MR) is 74.6 cm³/mol. The van der Waals surface area contributed by atoms with Gasteiger partial charge in [0.1, 0.15) is 11.6 Å². The highest BCUT2D eigenvalue weighted by molar-refractivity contribution is 9.10. The normalized spacial score (nSPS) is 12.2. The van der Waals surface area contributed by atoms with Crippen LogP contribution in [0.5, 0.6) is 0 Å². The molecule has 2 aromatic carbocycles. The SMILES string of the molecule is O=C(O)C(Cc1c(F)cccc1F)c1ccccc1Br. The third kappa shape index (κ3) is 3.04. The summed E-state index contributed by atoms with van der Waals surface area (Å²) in [6.07, 6.45) is -0.240. The van der Waals surface area contributed by atoms with Crippen molar-refractivity contribution in [2.45, 2.75) is 12.3 Å². The monoisotopic (exact) mass is 340 g/mol. The van der Waals surface area contributed by atoms with Crippen LogP contribution in [0, 0.1) is 11.6 Å². The van der Waals surface area contributed by atoms with Gasteiger partial charge in [-0.25, -0.2) is 8.78 Å². The van der Waals surface area contributed by atoms with Gasteiger partial charge < -0.3 is 5.11 Å². The van der Waals surface area contributed by atoms with Crippen molar-refractivity contribution in [1.82, 2.24) is 0 Å². The lowest BCUT2D eigenvalue weighted by Crippen LogP contribution is -2.16. The number of halogens is 3. The van der Waals surface area contributed by atoms with Crippen molar-refractivity contribution in [2.24, 2.45) is 0 Å². The Hall–Kier alpha value is -1.75. The molecule has 0 fully saturated rings. The topological polar surface area (TPSA) is 37.3 Å². The number of carbonyl (C=O) groups is 1. The summed E-state index contributed by atoms with van der Waals surface area (Å²) in [6.45, 7) is 0. The standard InChI is InChI=1S/C15H11BrF2O2/c16-12-5-2-1-4-9(12)10(15(19)20)8-11-13(17)6-3-7-14(11)18/h1-7,10H,8H2,(H,19,20). The molecule has 2 aromatic rings. The van der Waals surface area contributed by atoms with Crippen LogP contribution in [0.25, 0.3) is 0 Å². The predicted octanol–water partition coefficient (Wildman–Crippen LogP) is 4.14. The molecule has 0 bridgehead atoms. The van der Waals surface area contributed by atoms with Crippen LogP contribution in [0.3, 0.4) is 0 Å². The number of carboxylic acids is 1. The molecule has 2 rings (SSSR count). The Morgan fingerprint density at radius 3 is 2.25 bits per heavy atom. The summed E-state index contributed by atoms with van der Waals surface area (Å²) in [4.78, 5) is 11.4. The van der Waals surface area contributed by atoms with Gasteiger partial charge in [0.15, 0.2) is 0 Å². The lowest BCUT2D eigenvalue weighted by molar-refractivity contribution is -0.138. The zero-order chi connectivity index (χ0) is 14.7. The number of carboxylic acid groups (broad SMARTS) is 1. The van der Waals surface area contributed by atoms with Gasteiger partial charge in [-0.1, -0.05) is 40.2 Å². The summed E-state index contributed by atoms with van der Waals surface area (Å²) in [6, 6.07) is 10.3. The van der Waals surface area contributed by atoms with Crippen LogP contribution in [-0.4, -0.2) is 11.1 Å². The van der Waals surface area contributed by atoms with Gasteiger partial charge in [-0.2, -0.15) is 0 Å². The van der Waals surface area contributed by atoms with E-state index in [1.165, 1.54) is 6.07 Å². The second kappa shape index (κ2) is 6.13. The second-order valence-corrected chi connectivity index (χ2v) is 5.17. The zero-order valence-electron chi connectivity index (χ0n) is 10.3. The molecule has 0 amide bonds. The number of hydrogen-bond acceptors (Lipinski definition) is 1. The zero-order valence-corrected chi connectivity index (χ0v) is 11.9. The van der Waals surface area contributed by atoms with Crippen LogP contribution in [-0.2, 0) is 11.2 Å². The van der Waals surface area contributed by atoms with E-state index in [1.807, 2.05) is 0 Å². The van der Waals surface area contributed by atoms with Crippen molar-refractivity contribution in [2.75, 3.05) is 0 Å². The molecule has 104 valence electrons. The lowest BCUT2D eigenvalue weighted by Gasteiger charge is -2.15. The van der Waals surface area contributed by atoms with Crippen LogP contribution < -0.4 is 0 Å². The minimum atomic E-state index is -1.13. The average Bonchev–Trinajstić information content (AvgIpc) is 2.39. The van der Waals surface area contributed by atoms with Crippen LogP contribution in [0.15, 0.2) is 46.9 Å². The molecule has 0 aliphatic carbocycles. The van der Waals surface area contributed by atoms with Crippen LogP contribution in [0.4, 0.5) is 8.78 Å². The van der Waals surface area contributed by atoms with E-state index in [-0.39, 0.29) is 12.0 Å². The fraction of sp³-hybridized carbons (Fsp3) is 0.133. The van der Waals surface area contributed by atoms with Crippen molar-refractivity contribution < 1.29 is 18.7 Å². The average molecular weight is 341 g/mol. The van der Waals surface area contributed by atoms with Crippen LogP contribution in [0.1, 0.15) is 17.0 Å². The van der Waals surface area contributed by atoms with E-state index in [2.05, 4.69) is 15.9 Å². The smallest absolute Gasteiger partial charge is 0.311 e. The van der Waals surface area contributed by atoms with E-state index >= 15 is 0 Å². The Morgan fingerprint density at radius 1 is 1.10 bits per heavy atom. The highest BCUT2D eigenvalue weighted by Gasteiger charge is 2.25. The molecule has 0 aliphatic heterocycles. The molecule has 5 heteroatoms. The van der Waals surface area contributed by atoms with Crippen LogP contribution >= 0.6 is 15.9 Å². The summed E-state index contributed by atoms with van der Waals surface area (Å²) in [7, 11) is 0. The van der Waals surface area contributed by atoms with E-state index in [4.69, 9.17) is 0 Å². The number of hydrogen-bond donors (Lipinski definition) is 1. The fourth-order valence-electron chi connectivity index (χ4n) is 2.02. The summed E-state index contributed by atoms with van der Waals surface area (Å²) in [5.74, 6) is -3.61. The fourth-order valence-corrected chi connectivity index (χ4v) is 2.58. The maximum atomic E-state index is 13.6. The second-order valence-electron chi connectivity index (χ2n) is 4.32. The molecule has 0 saturated carbocycles. The van der Waals surface area contributed by atoms with Gasteiger partial charge in [-0.3, -0.25) is 4.79 Å². The summed E-state index contributed by atoms with van der Waals surface area (Å²) >= 11 is 3.26. The van der Waals surface area contributed by atoms with E-state index in [0.29, 0.717) is 10.0 Å². The van der Waals surface area contributed by atoms with Crippen LogP contribution in [0.2, 0.25) is 0 Å². The lowest BCUT2D eigenvalue weighted by atomic mass is 9.91. The largest absolute Gasteiger partial charge is 0.481 e. The van der Waals surface area contributed by atoms with Gasteiger partial charge in [0.2, 0.25) is 0 Å². The van der Waals surface area contributed by atoms with Crippen molar-refractivity contribution in [3.8, 4) is 0 Å². The maximum absolute atomic E-state index is 13.6. The van der Waals surface area contributed by atoms with E-state index < -0.39 is 23.5 Å². The molecular weight excluding hydrogens is 330 g/mol. The van der Waals surface area contributed by atoms with Crippen molar-refractivity contribution >= 4 is 21.9 Å². The van der Waals surface area contributed by atoms with Crippen molar-refractivity contribution in [3.05, 3.63) is 69.7 Å². The van der Waals surface area contributed by atoms with Gasteiger partial charge in [-0.15, -0.1) is 0 Å². The highest BCUT2D eigenvalue weighted by atomic mass is 79.9. The first-order valence-corrected chi connectivity index (χ1v) is 6.70. The molecular formula is C15H11BrF2O2. The molecule has 1 N–H and O–H groups in total. The Bertz CT molecular complexity index is 623. The van der Waals surface area contributed by atoms with Gasteiger partial charge >= 0.3 is 5.97 Å². The Morgan fingerprint density at radius 2 is 1.70 bits per heavy atom. The number of rotatable bonds is 4. The Balaban J connectivity index is 2.42. The molecule has 0 aromatic heterocycles. The first-order chi connectivity index (χ1) is 9.50. The molecule has 0 saturated heterocycles. The first-order valence-electron chi connectivity index (χ1n) is 5.91. The molecule has 1 unspecified atom stereocenters. The first kappa shape index (κ1) is 14.7. The van der Waals surface area contributed by atoms with Gasteiger partial charge in [-0.05, 0) is 30.2 Å². The number of aliphatic carboxylic acids is 1. The van der Waals surface area contributed by atoms with E-state index in [9.17, 15) is 18.7 Å². The summed E-state index contributed by atoms with van der Waals surface area (Å²) in [5.41, 5.74) is 0.276. The minimum absolute atomic E-state index is 0.212. The van der Waals surface area contributed by atoms with Gasteiger partial charge in [0.25, 0.3) is 0 Å². The Kier molecular flexibility index (Phi) is 4.49. The molecule has 0 heterocycles. The van der Waals surface area contributed by atoms with Gasteiger partial charge in [0.05, 0.1) is 5.92 Å². The van der Waals surface area contributed by atoms with Gasteiger partial charge in [0, 0.05) is 10.0 Å². The Labute approximate surface area is 123 Å².